The number of nitrogens with zero attached hydrogens (tertiary/aromatic N) is 3. The van der Waals surface area contributed by atoms with Crippen LogP contribution in [0, 0.1) is 0 Å². The molecule has 1 aliphatic heterocycles. The van der Waals surface area contributed by atoms with Crippen LogP contribution in [0.2, 0.25) is 0 Å². The Morgan fingerprint density at radius 3 is 2.48 bits per heavy atom. The number of hydrogen-bond acceptors (Lipinski definition) is 5. The van der Waals surface area contributed by atoms with Crippen LogP contribution in [0.5, 0.6) is 0 Å². The minimum atomic E-state index is -0.313. The number of carbonyl (C=O) groups excluding carboxylic acids is 1. The van der Waals surface area contributed by atoms with Crippen LogP contribution in [0.3, 0.4) is 0 Å². The molecule has 0 saturated carbocycles. The van der Waals surface area contributed by atoms with E-state index in [2.05, 4.69) is 41.4 Å². The zero-order valence-corrected chi connectivity index (χ0v) is 22.3. The van der Waals surface area contributed by atoms with Gasteiger partial charge in [-0.1, -0.05) is 51.1 Å². The molecule has 1 unspecified atom stereocenters. The van der Waals surface area contributed by atoms with Gasteiger partial charge in [-0.3, -0.25) is 4.79 Å². The molecule has 1 amide bonds. The SMILES string of the molecule is CCNC(=NCc1ncc(C(C)(C)C)o1)NCC(C(=O)N1CCOCC1)c1ccccc1.I. The minimum absolute atomic E-state index is 0. The molecule has 8 nitrogen and oxygen atoms in total. The van der Waals surface area contributed by atoms with Gasteiger partial charge in [-0.15, -0.1) is 24.0 Å². The summed E-state index contributed by atoms with van der Waals surface area (Å²) in [5, 5.41) is 6.58. The Bertz CT molecular complexity index is 889. The third-order valence-electron chi connectivity index (χ3n) is 5.31. The third-order valence-corrected chi connectivity index (χ3v) is 5.31. The summed E-state index contributed by atoms with van der Waals surface area (Å²) in [6.07, 6.45) is 1.76. The van der Waals surface area contributed by atoms with Crippen molar-refractivity contribution in [2.75, 3.05) is 39.4 Å². The average Bonchev–Trinajstić information content (AvgIpc) is 3.28. The maximum absolute atomic E-state index is 13.3. The topological polar surface area (TPSA) is 92.0 Å². The Morgan fingerprint density at radius 2 is 1.88 bits per heavy atom. The van der Waals surface area contributed by atoms with Crippen LogP contribution in [-0.4, -0.2) is 61.1 Å². The maximum atomic E-state index is 13.3. The number of aromatic nitrogens is 1. The fourth-order valence-electron chi connectivity index (χ4n) is 3.45. The normalized spacial score (nSPS) is 15.5. The van der Waals surface area contributed by atoms with E-state index in [1.165, 1.54) is 0 Å². The number of halogens is 1. The fourth-order valence-corrected chi connectivity index (χ4v) is 3.45. The van der Waals surface area contributed by atoms with E-state index in [0.717, 1.165) is 11.3 Å². The summed E-state index contributed by atoms with van der Waals surface area (Å²) < 4.78 is 11.3. The van der Waals surface area contributed by atoms with Crippen LogP contribution in [0.1, 0.15) is 50.8 Å². The summed E-state index contributed by atoms with van der Waals surface area (Å²) in [6, 6.07) is 9.87. The quantitative estimate of drug-likeness (QED) is 0.302. The number of guanidine groups is 1. The molecule has 2 N–H and O–H groups in total. The predicted octanol–water partition coefficient (Wildman–Crippen LogP) is 3.29. The van der Waals surface area contributed by atoms with Gasteiger partial charge in [0.25, 0.3) is 0 Å². The Morgan fingerprint density at radius 1 is 1.18 bits per heavy atom. The minimum Gasteiger partial charge on any atom is -0.443 e. The number of amides is 1. The highest BCUT2D eigenvalue weighted by molar-refractivity contribution is 14.0. The molecule has 0 spiro atoms. The second kappa shape index (κ2) is 12.9. The Labute approximate surface area is 213 Å². The van der Waals surface area contributed by atoms with Gasteiger partial charge >= 0.3 is 0 Å². The highest BCUT2D eigenvalue weighted by atomic mass is 127. The fraction of sp³-hybridized carbons (Fsp3) is 0.542. The Kier molecular flexibility index (Phi) is 10.6. The van der Waals surface area contributed by atoms with E-state index >= 15 is 0 Å². The van der Waals surface area contributed by atoms with Crippen molar-refractivity contribution in [3.05, 3.63) is 53.7 Å². The molecular formula is C24H36IN5O3. The Balaban J connectivity index is 0.00000385. The van der Waals surface area contributed by atoms with Crippen molar-refractivity contribution in [2.24, 2.45) is 4.99 Å². The number of ether oxygens (including phenoxy) is 1. The molecule has 1 aliphatic rings. The standard InChI is InChI=1S/C24H35N5O3.HI/c1-5-25-23(28-17-21-26-16-20(32-21)24(2,3)4)27-15-19(18-9-7-6-8-10-18)22(30)29-11-13-31-14-12-29;/h6-10,16,19H,5,11-15,17H2,1-4H3,(H2,25,27,28);1H. The van der Waals surface area contributed by atoms with E-state index in [4.69, 9.17) is 9.15 Å². The van der Waals surface area contributed by atoms with Crippen LogP contribution in [0.15, 0.2) is 45.9 Å². The van der Waals surface area contributed by atoms with E-state index in [1.807, 2.05) is 42.2 Å². The van der Waals surface area contributed by atoms with Gasteiger partial charge in [-0.25, -0.2) is 9.98 Å². The smallest absolute Gasteiger partial charge is 0.232 e. The van der Waals surface area contributed by atoms with Crippen molar-refractivity contribution < 1.29 is 13.9 Å². The van der Waals surface area contributed by atoms with Gasteiger partial charge in [-0.05, 0) is 12.5 Å². The summed E-state index contributed by atoms with van der Waals surface area (Å²) in [6.45, 7) is 12.1. The third kappa shape index (κ3) is 7.99. The molecule has 1 saturated heterocycles. The van der Waals surface area contributed by atoms with Gasteiger partial charge in [0.2, 0.25) is 11.8 Å². The van der Waals surface area contributed by atoms with Gasteiger partial charge < -0.3 is 24.7 Å². The molecule has 3 rings (SSSR count). The van der Waals surface area contributed by atoms with Crippen LogP contribution < -0.4 is 10.6 Å². The number of morpholine rings is 1. The summed E-state index contributed by atoms with van der Waals surface area (Å²) in [5.74, 6) is 1.81. The summed E-state index contributed by atoms with van der Waals surface area (Å²) in [7, 11) is 0. The van der Waals surface area contributed by atoms with Crippen molar-refractivity contribution >= 4 is 35.8 Å². The highest BCUT2D eigenvalue weighted by Crippen LogP contribution is 2.23. The lowest BCUT2D eigenvalue weighted by molar-refractivity contribution is -0.136. The van der Waals surface area contributed by atoms with Crippen LogP contribution in [0.25, 0.3) is 0 Å². The molecule has 33 heavy (non-hydrogen) atoms. The monoisotopic (exact) mass is 569 g/mol. The van der Waals surface area contributed by atoms with Gasteiger partial charge in [0, 0.05) is 31.6 Å². The van der Waals surface area contributed by atoms with E-state index < -0.39 is 0 Å². The number of nitrogens with one attached hydrogen (secondary N) is 2. The highest BCUT2D eigenvalue weighted by Gasteiger charge is 2.27. The van der Waals surface area contributed by atoms with Crippen LogP contribution >= 0.6 is 24.0 Å². The van der Waals surface area contributed by atoms with Crippen molar-refractivity contribution in [3.8, 4) is 0 Å². The molecule has 1 aromatic carbocycles. The van der Waals surface area contributed by atoms with E-state index in [9.17, 15) is 4.79 Å². The predicted molar refractivity (Wildman–Crippen MR) is 140 cm³/mol. The van der Waals surface area contributed by atoms with E-state index in [0.29, 0.717) is 57.8 Å². The second-order valence-electron chi connectivity index (χ2n) is 8.85. The molecule has 1 atom stereocenters. The lowest BCUT2D eigenvalue weighted by Crippen LogP contribution is -2.47. The first-order valence-corrected chi connectivity index (χ1v) is 11.3. The lowest BCUT2D eigenvalue weighted by atomic mass is 9.94. The van der Waals surface area contributed by atoms with Gasteiger partial charge in [0.1, 0.15) is 12.3 Å². The largest absolute Gasteiger partial charge is 0.443 e. The molecule has 2 heterocycles. The first-order valence-electron chi connectivity index (χ1n) is 11.3. The van der Waals surface area contributed by atoms with Crippen molar-refractivity contribution in [1.82, 2.24) is 20.5 Å². The molecule has 0 bridgehead atoms. The van der Waals surface area contributed by atoms with Crippen LogP contribution in [0.4, 0.5) is 0 Å². The zero-order valence-electron chi connectivity index (χ0n) is 20.0. The maximum Gasteiger partial charge on any atom is 0.232 e. The zero-order chi connectivity index (χ0) is 23.0. The molecule has 2 aromatic rings. The van der Waals surface area contributed by atoms with Gasteiger partial charge in [0.05, 0.1) is 25.3 Å². The molecular weight excluding hydrogens is 533 g/mol. The lowest BCUT2D eigenvalue weighted by Gasteiger charge is -2.31. The number of oxazole rings is 1. The second-order valence-corrected chi connectivity index (χ2v) is 8.85. The summed E-state index contributed by atoms with van der Waals surface area (Å²) in [4.78, 5) is 24.1. The Hall–Kier alpha value is -2.14. The molecule has 1 fully saturated rings. The van der Waals surface area contributed by atoms with Crippen molar-refractivity contribution in [3.63, 3.8) is 0 Å². The van der Waals surface area contributed by atoms with Gasteiger partial charge in [-0.2, -0.15) is 0 Å². The van der Waals surface area contributed by atoms with E-state index in [-0.39, 0.29) is 41.2 Å². The van der Waals surface area contributed by atoms with Crippen molar-refractivity contribution in [1.29, 1.82) is 0 Å². The summed E-state index contributed by atoms with van der Waals surface area (Å²) in [5.41, 5.74) is 0.885. The number of aliphatic imine (C=N–C) groups is 1. The van der Waals surface area contributed by atoms with Crippen LogP contribution in [-0.2, 0) is 21.5 Å². The number of benzene rings is 1. The van der Waals surface area contributed by atoms with E-state index in [1.54, 1.807) is 6.20 Å². The number of carbonyl (C=O) groups is 1. The number of hydrogen-bond donors (Lipinski definition) is 2. The molecule has 182 valence electrons. The first kappa shape index (κ1) is 27.1. The molecule has 9 heteroatoms. The summed E-state index contributed by atoms with van der Waals surface area (Å²) >= 11 is 0. The van der Waals surface area contributed by atoms with Crippen molar-refractivity contribution in [2.45, 2.75) is 45.6 Å². The molecule has 1 aromatic heterocycles. The van der Waals surface area contributed by atoms with Gasteiger partial charge in [0.15, 0.2) is 5.96 Å². The molecule has 0 aliphatic carbocycles. The average molecular weight is 569 g/mol. The first-order chi connectivity index (χ1) is 15.4. The number of rotatable bonds is 7. The molecule has 0 radical (unpaired) electrons.